The zero-order valence-electron chi connectivity index (χ0n) is 12.8. The second kappa shape index (κ2) is 7.89. The summed E-state index contributed by atoms with van der Waals surface area (Å²) in [5.41, 5.74) is 4.68. The number of nitrogens with zero attached hydrogens (tertiary/aromatic N) is 1. The van der Waals surface area contributed by atoms with Crippen LogP contribution in [0.1, 0.15) is 40.5 Å². The van der Waals surface area contributed by atoms with Crippen LogP contribution in [-0.4, -0.2) is 46.3 Å². The highest BCUT2D eigenvalue weighted by Crippen LogP contribution is 2.17. The van der Waals surface area contributed by atoms with E-state index in [1.807, 2.05) is 0 Å². The monoisotopic (exact) mass is 286 g/mol. The molecule has 0 aromatic carbocycles. The van der Waals surface area contributed by atoms with Crippen LogP contribution in [0.5, 0.6) is 0 Å². The van der Waals surface area contributed by atoms with E-state index in [1.165, 1.54) is 4.90 Å². The molecule has 0 radical (unpaired) electrons. The standard InChI is InChI=1S/C14H26N2O4/c1-6-7-8-11(12(15)18)16(10(2)9-17)13(19)20-14(3,4)5/h6,10-11,17H,1,7-9H2,2-5H3,(H2,15,18)/t10-,11?/m1/s1. The summed E-state index contributed by atoms with van der Waals surface area (Å²) in [6.45, 7) is 10.1. The highest BCUT2D eigenvalue weighted by molar-refractivity contribution is 5.84. The van der Waals surface area contributed by atoms with Gasteiger partial charge in [0.25, 0.3) is 0 Å². The third-order valence-electron chi connectivity index (χ3n) is 2.65. The Morgan fingerprint density at radius 1 is 1.45 bits per heavy atom. The summed E-state index contributed by atoms with van der Waals surface area (Å²) in [7, 11) is 0. The molecule has 0 aromatic rings. The third-order valence-corrected chi connectivity index (χ3v) is 2.65. The number of hydrogen-bond acceptors (Lipinski definition) is 4. The maximum atomic E-state index is 12.2. The maximum Gasteiger partial charge on any atom is 0.411 e. The molecule has 0 aliphatic carbocycles. The van der Waals surface area contributed by atoms with Crippen LogP contribution in [0.4, 0.5) is 4.79 Å². The van der Waals surface area contributed by atoms with Crippen LogP contribution in [0.25, 0.3) is 0 Å². The number of amides is 2. The Labute approximate surface area is 120 Å². The number of hydrogen-bond donors (Lipinski definition) is 2. The SMILES string of the molecule is C=CCCC(C(N)=O)N(C(=O)OC(C)(C)C)[C@H](C)CO. The van der Waals surface area contributed by atoms with Crippen molar-refractivity contribution >= 4 is 12.0 Å². The Kier molecular flexibility index (Phi) is 7.28. The summed E-state index contributed by atoms with van der Waals surface area (Å²) in [6.07, 6.45) is 1.87. The zero-order valence-corrected chi connectivity index (χ0v) is 12.8. The normalized spacial score (nSPS) is 14.2. The van der Waals surface area contributed by atoms with Crippen LogP contribution in [-0.2, 0) is 9.53 Å². The van der Waals surface area contributed by atoms with Crippen molar-refractivity contribution in [3.05, 3.63) is 12.7 Å². The van der Waals surface area contributed by atoms with Gasteiger partial charge in [0.15, 0.2) is 0 Å². The number of carbonyl (C=O) groups excluding carboxylic acids is 2. The molecule has 0 spiro atoms. The highest BCUT2D eigenvalue weighted by Gasteiger charge is 2.34. The van der Waals surface area contributed by atoms with E-state index in [1.54, 1.807) is 33.8 Å². The van der Waals surface area contributed by atoms with Gasteiger partial charge in [-0.15, -0.1) is 6.58 Å². The van der Waals surface area contributed by atoms with Crippen molar-refractivity contribution in [2.24, 2.45) is 5.73 Å². The summed E-state index contributed by atoms with van der Waals surface area (Å²) in [5, 5.41) is 9.29. The fourth-order valence-corrected chi connectivity index (χ4v) is 1.71. The molecule has 6 nitrogen and oxygen atoms in total. The number of aliphatic hydroxyl groups is 1. The van der Waals surface area contributed by atoms with Gasteiger partial charge in [0.2, 0.25) is 5.91 Å². The molecule has 116 valence electrons. The van der Waals surface area contributed by atoms with Crippen LogP contribution in [0.15, 0.2) is 12.7 Å². The number of allylic oxidation sites excluding steroid dienone is 1. The third kappa shape index (κ3) is 6.06. The molecule has 6 heteroatoms. The molecule has 0 aliphatic heterocycles. The van der Waals surface area contributed by atoms with Gasteiger partial charge in [0.05, 0.1) is 12.6 Å². The van der Waals surface area contributed by atoms with Gasteiger partial charge in [-0.2, -0.15) is 0 Å². The van der Waals surface area contributed by atoms with Crippen LogP contribution in [0.3, 0.4) is 0 Å². The van der Waals surface area contributed by atoms with E-state index in [-0.39, 0.29) is 6.61 Å². The first kappa shape index (κ1) is 18.4. The molecule has 3 N–H and O–H groups in total. The summed E-state index contributed by atoms with van der Waals surface area (Å²) >= 11 is 0. The van der Waals surface area contributed by atoms with Crippen LogP contribution in [0, 0.1) is 0 Å². The van der Waals surface area contributed by atoms with Crippen molar-refractivity contribution in [3.8, 4) is 0 Å². The lowest BCUT2D eigenvalue weighted by Crippen LogP contribution is -2.54. The van der Waals surface area contributed by atoms with Crippen molar-refractivity contribution in [1.29, 1.82) is 0 Å². The molecular formula is C14H26N2O4. The van der Waals surface area contributed by atoms with E-state index in [0.29, 0.717) is 12.8 Å². The molecule has 0 rings (SSSR count). The summed E-state index contributed by atoms with van der Waals surface area (Å²) in [6, 6.07) is -1.39. The predicted octanol–water partition coefficient (Wildman–Crippen LogP) is 1.42. The van der Waals surface area contributed by atoms with Crippen molar-refractivity contribution < 1.29 is 19.4 Å². The van der Waals surface area contributed by atoms with Crippen molar-refractivity contribution in [2.75, 3.05) is 6.61 Å². The van der Waals surface area contributed by atoms with Gasteiger partial charge in [-0.25, -0.2) is 4.79 Å². The van der Waals surface area contributed by atoms with Gasteiger partial charge in [0, 0.05) is 0 Å². The lowest BCUT2D eigenvalue weighted by atomic mass is 10.1. The average Bonchev–Trinajstić information content (AvgIpc) is 2.30. The van der Waals surface area contributed by atoms with Gasteiger partial charge in [-0.05, 0) is 40.5 Å². The molecule has 20 heavy (non-hydrogen) atoms. The second-order valence-electron chi connectivity index (χ2n) is 5.70. The molecule has 0 saturated carbocycles. The first-order chi connectivity index (χ1) is 9.14. The van der Waals surface area contributed by atoms with E-state index in [2.05, 4.69) is 6.58 Å². The lowest BCUT2D eigenvalue weighted by Gasteiger charge is -2.35. The van der Waals surface area contributed by atoms with Gasteiger partial charge in [-0.3, -0.25) is 9.69 Å². The first-order valence-electron chi connectivity index (χ1n) is 6.66. The summed E-state index contributed by atoms with van der Waals surface area (Å²) < 4.78 is 5.28. The molecular weight excluding hydrogens is 260 g/mol. The topological polar surface area (TPSA) is 92.9 Å². The van der Waals surface area contributed by atoms with Gasteiger partial charge >= 0.3 is 6.09 Å². The van der Waals surface area contributed by atoms with E-state index >= 15 is 0 Å². The highest BCUT2D eigenvalue weighted by atomic mass is 16.6. The van der Waals surface area contributed by atoms with Gasteiger partial charge in [0.1, 0.15) is 11.6 Å². The van der Waals surface area contributed by atoms with Crippen LogP contribution in [0.2, 0.25) is 0 Å². The summed E-state index contributed by atoms with van der Waals surface area (Å²) in [4.78, 5) is 25.0. The molecule has 0 aromatic heterocycles. The van der Waals surface area contributed by atoms with E-state index in [9.17, 15) is 14.7 Å². The van der Waals surface area contributed by atoms with Gasteiger partial charge in [-0.1, -0.05) is 6.08 Å². The van der Waals surface area contributed by atoms with E-state index < -0.39 is 29.7 Å². The van der Waals surface area contributed by atoms with E-state index in [0.717, 1.165) is 0 Å². The molecule has 0 aliphatic rings. The number of primary amides is 1. The molecule has 2 atom stereocenters. The minimum atomic E-state index is -0.829. The number of rotatable bonds is 7. The number of ether oxygens (including phenoxy) is 1. The Morgan fingerprint density at radius 3 is 2.35 bits per heavy atom. The number of carbonyl (C=O) groups is 2. The second-order valence-corrected chi connectivity index (χ2v) is 5.70. The number of nitrogens with two attached hydrogens (primary N) is 1. The van der Waals surface area contributed by atoms with Crippen molar-refractivity contribution in [2.45, 2.75) is 58.2 Å². The molecule has 0 fully saturated rings. The Bertz CT molecular complexity index is 350. The average molecular weight is 286 g/mol. The van der Waals surface area contributed by atoms with E-state index in [4.69, 9.17) is 10.5 Å². The molecule has 0 bridgehead atoms. The van der Waals surface area contributed by atoms with Crippen LogP contribution < -0.4 is 5.73 Å². The predicted molar refractivity (Wildman–Crippen MR) is 77.0 cm³/mol. The first-order valence-corrected chi connectivity index (χ1v) is 6.66. The Balaban J connectivity index is 5.23. The Morgan fingerprint density at radius 2 is 2.00 bits per heavy atom. The molecule has 0 heterocycles. The molecule has 2 amide bonds. The number of aliphatic hydroxyl groups excluding tert-OH is 1. The molecule has 0 saturated heterocycles. The largest absolute Gasteiger partial charge is 0.444 e. The lowest BCUT2D eigenvalue weighted by molar-refractivity contribution is -0.124. The zero-order chi connectivity index (χ0) is 15.9. The summed E-state index contributed by atoms with van der Waals surface area (Å²) in [5.74, 6) is -0.627. The molecule has 1 unspecified atom stereocenters. The van der Waals surface area contributed by atoms with Crippen LogP contribution >= 0.6 is 0 Å². The maximum absolute atomic E-state index is 12.2. The fourth-order valence-electron chi connectivity index (χ4n) is 1.71. The quantitative estimate of drug-likeness (QED) is 0.692. The fraction of sp³-hybridized carbons (Fsp3) is 0.714. The minimum Gasteiger partial charge on any atom is -0.444 e. The van der Waals surface area contributed by atoms with Crippen molar-refractivity contribution in [1.82, 2.24) is 4.90 Å². The van der Waals surface area contributed by atoms with Gasteiger partial charge < -0.3 is 15.6 Å². The van der Waals surface area contributed by atoms with Crippen molar-refractivity contribution in [3.63, 3.8) is 0 Å². The Hall–Kier alpha value is -1.56. The smallest absolute Gasteiger partial charge is 0.411 e. The minimum absolute atomic E-state index is 0.281.